The number of anilines is 1. The number of hydrogen-bond acceptors (Lipinski definition) is 8. The Hall–Kier alpha value is -2.17. The second-order valence-corrected chi connectivity index (χ2v) is 9.05. The highest BCUT2D eigenvalue weighted by Crippen LogP contribution is 2.34. The normalized spacial score (nSPS) is 15.0. The van der Waals surface area contributed by atoms with Crippen molar-refractivity contribution in [2.24, 2.45) is 0 Å². The summed E-state index contributed by atoms with van der Waals surface area (Å²) in [5, 5.41) is 3.68. The Kier molecular flexibility index (Phi) is 7.68. The van der Waals surface area contributed by atoms with Gasteiger partial charge in [-0.2, -0.15) is 0 Å². The summed E-state index contributed by atoms with van der Waals surface area (Å²) in [6.07, 6.45) is 0.751. The van der Waals surface area contributed by atoms with Gasteiger partial charge in [-0.25, -0.2) is 4.98 Å². The summed E-state index contributed by atoms with van der Waals surface area (Å²) in [4.78, 5) is 30.9. The lowest BCUT2D eigenvalue weighted by atomic mass is 10.2. The van der Waals surface area contributed by atoms with Crippen molar-refractivity contribution in [3.63, 3.8) is 0 Å². The van der Waals surface area contributed by atoms with Gasteiger partial charge in [0.25, 0.3) is 5.56 Å². The molecule has 8 nitrogen and oxygen atoms in total. The lowest BCUT2D eigenvalue weighted by Crippen LogP contribution is -2.27. The summed E-state index contributed by atoms with van der Waals surface area (Å²) >= 11 is 2.79. The molecule has 0 saturated carbocycles. The minimum atomic E-state index is -0.234. The van der Waals surface area contributed by atoms with Gasteiger partial charge in [0.15, 0.2) is 5.16 Å². The van der Waals surface area contributed by atoms with Gasteiger partial charge in [-0.15, -0.1) is 11.8 Å². The van der Waals surface area contributed by atoms with Gasteiger partial charge in [-0.05, 0) is 12.1 Å². The first-order valence-corrected chi connectivity index (χ1v) is 11.3. The molecule has 0 unspecified atom stereocenters. The number of carbonyl (C=O) groups is 1. The number of ether oxygens (including phenoxy) is 3. The first-order chi connectivity index (χ1) is 14.5. The molecule has 0 saturated heterocycles. The minimum absolute atomic E-state index is 0.0660. The van der Waals surface area contributed by atoms with Crippen LogP contribution in [0.25, 0.3) is 0 Å². The maximum atomic E-state index is 12.9. The number of methoxy groups -OCH3 is 3. The topological polar surface area (TPSA) is 91.7 Å². The monoisotopic (exact) mass is 451 g/mol. The van der Waals surface area contributed by atoms with Crippen LogP contribution in [0.4, 0.5) is 5.69 Å². The highest BCUT2D eigenvalue weighted by molar-refractivity contribution is 8.00. The molecule has 1 atom stereocenters. The lowest BCUT2D eigenvalue weighted by molar-refractivity contribution is -0.113. The highest BCUT2D eigenvalue weighted by atomic mass is 32.2. The zero-order chi connectivity index (χ0) is 21.7. The Balaban J connectivity index is 1.77. The van der Waals surface area contributed by atoms with Crippen LogP contribution < -0.4 is 20.3 Å². The van der Waals surface area contributed by atoms with Crippen LogP contribution in [0.1, 0.15) is 12.6 Å². The Morgan fingerprint density at radius 2 is 2.13 bits per heavy atom. The molecule has 0 aliphatic carbocycles. The molecule has 1 aliphatic heterocycles. The molecular formula is C20H25N3O5S2. The van der Waals surface area contributed by atoms with Crippen molar-refractivity contribution in [3.8, 4) is 11.5 Å². The fraction of sp³-hybridized carbons (Fsp3) is 0.450. The minimum Gasteiger partial charge on any atom is -0.497 e. The third kappa shape index (κ3) is 5.11. The van der Waals surface area contributed by atoms with Gasteiger partial charge < -0.3 is 19.5 Å². The van der Waals surface area contributed by atoms with Crippen LogP contribution in [0.15, 0.2) is 33.0 Å². The average Bonchev–Trinajstić information content (AvgIpc) is 3.12. The third-order valence-electron chi connectivity index (χ3n) is 4.49. The van der Waals surface area contributed by atoms with Crippen molar-refractivity contribution >= 4 is 35.1 Å². The van der Waals surface area contributed by atoms with E-state index in [1.165, 1.54) is 18.9 Å². The van der Waals surface area contributed by atoms with Crippen molar-refractivity contribution in [2.45, 2.75) is 35.2 Å². The van der Waals surface area contributed by atoms with Gasteiger partial charge >= 0.3 is 0 Å². The predicted octanol–water partition coefficient (Wildman–Crippen LogP) is 2.67. The van der Waals surface area contributed by atoms with E-state index in [1.807, 2.05) is 0 Å². The molecule has 2 heterocycles. The zero-order valence-electron chi connectivity index (χ0n) is 17.4. The van der Waals surface area contributed by atoms with E-state index in [2.05, 4.69) is 17.2 Å². The maximum absolute atomic E-state index is 12.9. The fourth-order valence-corrected chi connectivity index (χ4v) is 5.01. The molecule has 0 bridgehead atoms. The quantitative estimate of drug-likeness (QED) is 0.460. The summed E-state index contributed by atoms with van der Waals surface area (Å²) in [5.74, 6) is 1.01. The molecule has 1 aromatic heterocycles. The van der Waals surface area contributed by atoms with E-state index in [9.17, 15) is 9.59 Å². The number of nitrogens with one attached hydrogen (secondary N) is 1. The number of carbonyl (C=O) groups excluding carboxylic acids is 1. The van der Waals surface area contributed by atoms with Crippen LogP contribution in [0.3, 0.4) is 0 Å². The number of nitrogens with zero attached hydrogens (tertiary/aromatic N) is 2. The number of fused-ring (bicyclic) bond motifs is 1. The highest BCUT2D eigenvalue weighted by Gasteiger charge is 2.26. The second kappa shape index (κ2) is 10.2. The van der Waals surface area contributed by atoms with E-state index < -0.39 is 0 Å². The van der Waals surface area contributed by atoms with E-state index in [0.717, 1.165) is 12.1 Å². The van der Waals surface area contributed by atoms with Crippen LogP contribution in [-0.2, 0) is 22.5 Å². The summed E-state index contributed by atoms with van der Waals surface area (Å²) in [6.45, 7) is 2.85. The molecule has 0 radical (unpaired) electrons. The molecule has 1 amide bonds. The predicted molar refractivity (Wildman–Crippen MR) is 118 cm³/mol. The number of amides is 1. The van der Waals surface area contributed by atoms with Crippen molar-refractivity contribution in [2.75, 3.05) is 39.0 Å². The van der Waals surface area contributed by atoms with Gasteiger partial charge in [-0.3, -0.25) is 14.2 Å². The molecule has 1 aromatic carbocycles. The van der Waals surface area contributed by atoms with E-state index in [-0.39, 0.29) is 17.2 Å². The van der Waals surface area contributed by atoms with Gasteiger partial charge in [-0.1, -0.05) is 18.7 Å². The van der Waals surface area contributed by atoms with Crippen LogP contribution >= 0.6 is 23.5 Å². The largest absolute Gasteiger partial charge is 0.497 e. The molecule has 1 aliphatic rings. The van der Waals surface area contributed by atoms with Gasteiger partial charge in [0, 0.05) is 24.8 Å². The smallest absolute Gasteiger partial charge is 0.268 e. The molecule has 1 N–H and O–H groups in total. The first-order valence-electron chi connectivity index (χ1n) is 9.40. The lowest BCUT2D eigenvalue weighted by Gasteiger charge is -2.14. The van der Waals surface area contributed by atoms with Crippen LogP contribution in [-0.4, -0.2) is 54.4 Å². The van der Waals surface area contributed by atoms with Crippen molar-refractivity contribution in [3.05, 3.63) is 34.2 Å². The van der Waals surface area contributed by atoms with Gasteiger partial charge in [0.05, 0.1) is 49.4 Å². The van der Waals surface area contributed by atoms with Gasteiger partial charge in [0.2, 0.25) is 5.91 Å². The number of rotatable bonds is 9. The maximum Gasteiger partial charge on any atom is 0.268 e. The number of aromatic nitrogens is 2. The Morgan fingerprint density at radius 3 is 2.83 bits per heavy atom. The second-order valence-electron chi connectivity index (χ2n) is 6.66. The van der Waals surface area contributed by atoms with E-state index in [0.29, 0.717) is 45.6 Å². The molecule has 2 aromatic rings. The summed E-state index contributed by atoms with van der Waals surface area (Å²) < 4.78 is 17.2. The van der Waals surface area contributed by atoms with Crippen LogP contribution in [0.2, 0.25) is 0 Å². The van der Waals surface area contributed by atoms with Crippen molar-refractivity contribution in [1.82, 2.24) is 9.55 Å². The molecule has 10 heteroatoms. The van der Waals surface area contributed by atoms with Crippen LogP contribution in [0.5, 0.6) is 11.5 Å². The zero-order valence-corrected chi connectivity index (χ0v) is 19.0. The summed E-state index contributed by atoms with van der Waals surface area (Å²) in [6, 6.07) is 5.18. The number of hydrogen-bond donors (Lipinski definition) is 1. The Morgan fingerprint density at radius 1 is 1.33 bits per heavy atom. The molecule has 30 heavy (non-hydrogen) atoms. The van der Waals surface area contributed by atoms with E-state index >= 15 is 0 Å². The third-order valence-corrected chi connectivity index (χ3v) is 6.69. The van der Waals surface area contributed by atoms with Crippen molar-refractivity contribution in [1.29, 1.82) is 0 Å². The van der Waals surface area contributed by atoms with Gasteiger partial charge in [0.1, 0.15) is 11.5 Å². The van der Waals surface area contributed by atoms with E-state index in [1.54, 1.807) is 48.7 Å². The Bertz CT molecular complexity index is 980. The molecular weight excluding hydrogens is 426 g/mol. The SMILES string of the molecule is COCCn1c(SCC(=O)Nc2cc(OC)ccc2OC)nc2c(c1=O)S[C@H](C)C2. The van der Waals surface area contributed by atoms with Crippen LogP contribution in [0, 0.1) is 0 Å². The molecule has 3 rings (SSSR count). The first kappa shape index (κ1) is 22.5. The van der Waals surface area contributed by atoms with E-state index in [4.69, 9.17) is 14.2 Å². The average molecular weight is 452 g/mol. The standard InChI is InChI=1S/C20H25N3O5S2/c1-12-9-15-18(30-12)19(25)23(7-8-26-2)20(22-15)29-11-17(24)21-14-10-13(27-3)5-6-16(14)28-4/h5-6,10,12H,7-9,11H2,1-4H3,(H,21,24)/t12-/m1/s1. The molecule has 0 spiro atoms. The molecule has 162 valence electrons. The van der Waals surface area contributed by atoms with Crippen molar-refractivity contribution < 1.29 is 19.0 Å². The number of benzene rings is 1. The Labute approximate surface area is 183 Å². The fourth-order valence-electron chi connectivity index (χ4n) is 3.05. The number of thioether (sulfide) groups is 2. The summed E-state index contributed by atoms with van der Waals surface area (Å²) in [5.41, 5.74) is 1.26. The summed E-state index contributed by atoms with van der Waals surface area (Å²) in [7, 11) is 4.68. The molecule has 0 fully saturated rings.